The number of ether oxygens (including phenoxy) is 1. The number of nitrogens with zero attached hydrogens (tertiary/aromatic N) is 4. The average molecular weight is 919 g/mol. The van der Waals surface area contributed by atoms with E-state index in [1.807, 2.05) is 102 Å². The smallest absolute Gasteiger partial charge is 0.268 e. The number of hydrogen-bond acceptors (Lipinski definition) is 2. The maximum Gasteiger partial charge on any atom is 0.268 e. The van der Waals surface area contributed by atoms with E-state index in [4.69, 9.17) is 8.85 Å². The van der Waals surface area contributed by atoms with Gasteiger partial charge in [0, 0.05) is 44.3 Å². The van der Waals surface area contributed by atoms with Crippen molar-refractivity contribution in [2.75, 3.05) is 0 Å². The van der Waals surface area contributed by atoms with Crippen LogP contribution in [0.25, 0.3) is 72.3 Å². The molecule has 0 atom stereocenters. The first-order valence-electron chi connectivity index (χ1n) is 20.2. The molecule has 6 heteroatoms. The Hall–Kier alpha value is -6.55. The zero-order valence-electron chi connectivity index (χ0n) is 34.1. The molecule has 10 rings (SSSR count). The Morgan fingerprint density at radius 1 is 0.649 bits per heavy atom. The summed E-state index contributed by atoms with van der Waals surface area (Å²) in [6, 6.07) is 60.3. The fraction of sp³-hybridized carbons (Fsp3) is 0.0588. The van der Waals surface area contributed by atoms with Crippen molar-refractivity contribution in [1.29, 1.82) is 0 Å². The summed E-state index contributed by atoms with van der Waals surface area (Å²) in [5, 5.41) is 1.86. The molecule has 0 aliphatic heterocycles. The third-order valence-corrected chi connectivity index (χ3v) is 10.2. The molecule has 7 aromatic carbocycles. The normalized spacial score (nSPS) is 12.1. The van der Waals surface area contributed by atoms with Crippen molar-refractivity contribution in [3.63, 3.8) is 0 Å². The summed E-state index contributed by atoms with van der Waals surface area (Å²) >= 11 is 0. The van der Waals surface area contributed by atoms with Crippen molar-refractivity contribution < 1.29 is 34.5 Å². The van der Waals surface area contributed by atoms with E-state index in [0.717, 1.165) is 61.0 Å². The fourth-order valence-corrected chi connectivity index (χ4v) is 7.50. The minimum absolute atomic E-state index is 0. The molecule has 0 bridgehead atoms. The second-order valence-corrected chi connectivity index (χ2v) is 14.0. The van der Waals surface area contributed by atoms with Gasteiger partial charge in [-0.3, -0.25) is 4.57 Å². The molecule has 5 nitrogen and oxygen atoms in total. The number of imidazole rings is 1. The van der Waals surface area contributed by atoms with Gasteiger partial charge in [0.1, 0.15) is 5.82 Å². The molecule has 0 aliphatic carbocycles. The van der Waals surface area contributed by atoms with Crippen LogP contribution in [0.3, 0.4) is 0 Å². The number of fused-ring (bicyclic) bond motifs is 4. The topological polar surface area (TPSA) is 35.9 Å². The molecule has 3 heterocycles. The molecule has 0 N–H and O–H groups in total. The Kier molecular flexibility index (Phi) is 8.70. The second kappa shape index (κ2) is 15.2. The maximum absolute atomic E-state index is 9.16. The zero-order valence-corrected chi connectivity index (χ0v) is 33.4. The van der Waals surface area contributed by atoms with Crippen LogP contribution < -0.4 is 9.30 Å². The van der Waals surface area contributed by atoms with E-state index >= 15 is 0 Å². The molecule has 0 fully saturated rings. The van der Waals surface area contributed by atoms with Crippen molar-refractivity contribution in [3.8, 4) is 50.9 Å². The SMILES string of the molecule is [2H]c1nc(-n2c3[c-]c(Oc4[c-]c(-n5[c-][n+](-c6c(-c7ccccc7)cccc6-c6ccccc6)c6ccccc65)ccc4)ccc3c3ccccc32)c([2H])c(C(C)C)c1[2H].[Pt]. The molecule has 278 valence electrons. The van der Waals surface area contributed by atoms with Crippen LogP contribution in [-0.2, 0) is 21.1 Å². The van der Waals surface area contributed by atoms with Crippen molar-refractivity contribution in [3.05, 3.63) is 200 Å². The Labute approximate surface area is 350 Å². The van der Waals surface area contributed by atoms with E-state index in [-0.39, 0.29) is 51.1 Å². The van der Waals surface area contributed by atoms with Gasteiger partial charge in [0.25, 0.3) is 6.33 Å². The number of aromatic nitrogens is 4. The summed E-state index contributed by atoms with van der Waals surface area (Å²) in [7, 11) is 0. The van der Waals surface area contributed by atoms with Crippen LogP contribution in [0.1, 0.15) is 29.4 Å². The van der Waals surface area contributed by atoms with E-state index in [2.05, 4.69) is 107 Å². The molecule has 0 unspecified atom stereocenters. The molecule has 0 amide bonds. The Balaban J connectivity index is 0.00000462. The Bertz CT molecular complexity index is 3160. The van der Waals surface area contributed by atoms with E-state index in [1.165, 1.54) is 0 Å². The number of rotatable bonds is 8. The maximum atomic E-state index is 9.16. The van der Waals surface area contributed by atoms with Crippen molar-refractivity contribution >= 4 is 32.8 Å². The van der Waals surface area contributed by atoms with Crippen LogP contribution >= 0.6 is 0 Å². The first kappa shape index (κ1) is 32.7. The average Bonchev–Trinajstić information content (AvgIpc) is 3.81. The zero-order chi connectivity index (χ0) is 40.2. The predicted molar refractivity (Wildman–Crippen MR) is 225 cm³/mol. The molecular weight excluding hydrogens is 880 g/mol. The van der Waals surface area contributed by atoms with Gasteiger partial charge in [0.05, 0.1) is 20.8 Å². The number of pyridine rings is 1. The van der Waals surface area contributed by atoms with E-state index in [9.17, 15) is 0 Å². The van der Waals surface area contributed by atoms with Gasteiger partial charge in [-0.2, -0.15) is 18.2 Å². The van der Waals surface area contributed by atoms with Crippen LogP contribution in [0.15, 0.2) is 176 Å². The van der Waals surface area contributed by atoms with Gasteiger partial charge in [0.15, 0.2) is 0 Å². The molecule has 0 saturated carbocycles. The summed E-state index contributed by atoms with van der Waals surface area (Å²) in [5.74, 6) is 1.10. The van der Waals surface area contributed by atoms with Gasteiger partial charge < -0.3 is 13.9 Å². The molecule has 0 saturated heterocycles. The largest absolute Gasteiger partial charge is 0.510 e. The fourth-order valence-electron chi connectivity index (χ4n) is 7.50. The van der Waals surface area contributed by atoms with Gasteiger partial charge in [-0.25, -0.2) is 4.98 Å². The van der Waals surface area contributed by atoms with E-state index < -0.39 is 0 Å². The van der Waals surface area contributed by atoms with Crippen LogP contribution in [0, 0.1) is 18.5 Å². The standard InChI is InChI=1S/C51H36N4O.Pt/c1-35(2)38-29-30-52-50(31-38)55-46-24-10-9-21-44(46)45-28-27-41(33-49(45)55)56-40-20-13-19-39(32-40)53-34-54(48-26-12-11-25-47(48)53)51-42(36-15-5-3-6-16-36)22-14-23-43(51)37-17-7-4-8-18-37;/h3-31,35H,1-2H3;/q-2;/i29D,30D,31D;. The molecular formula is C51H36N4OPt-2. The van der Waals surface area contributed by atoms with Gasteiger partial charge in [-0.05, 0) is 63.0 Å². The Morgan fingerprint density at radius 3 is 2.04 bits per heavy atom. The van der Waals surface area contributed by atoms with Crippen molar-refractivity contribution in [2.24, 2.45) is 0 Å². The minimum atomic E-state index is -0.167. The van der Waals surface area contributed by atoms with E-state index in [0.29, 0.717) is 22.6 Å². The molecule has 0 radical (unpaired) electrons. The second-order valence-electron chi connectivity index (χ2n) is 14.0. The third kappa shape index (κ3) is 6.54. The molecule has 0 spiro atoms. The molecule has 0 aliphatic rings. The number of para-hydroxylation sites is 4. The quantitative estimate of drug-likeness (QED) is 0.112. The van der Waals surface area contributed by atoms with Crippen LogP contribution in [0.4, 0.5) is 0 Å². The summed E-state index contributed by atoms with van der Waals surface area (Å²) < 4.78 is 38.8. The van der Waals surface area contributed by atoms with Gasteiger partial charge >= 0.3 is 0 Å². The Morgan fingerprint density at radius 2 is 1.30 bits per heavy atom. The third-order valence-electron chi connectivity index (χ3n) is 10.2. The first-order valence-corrected chi connectivity index (χ1v) is 18.7. The van der Waals surface area contributed by atoms with Crippen LogP contribution in [0.2, 0.25) is 0 Å². The summed E-state index contributed by atoms with van der Waals surface area (Å²) in [6.07, 6.45) is 3.54. The summed E-state index contributed by atoms with van der Waals surface area (Å²) in [5.41, 5.74) is 10.1. The van der Waals surface area contributed by atoms with Crippen molar-refractivity contribution in [1.82, 2.24) is 14.1 Å². The minimum Gasteiger partial charge on any atom is -0.510 e. The monoisotopic (exact) mass is 918 g/mol. The van der Waals surface area contributed by atoms with Crippen LogP contribution in [0.5, 0.6) is 11.5 Å². The predicted octanol–water partition coefficient (Wildman–Crippen LogP) is 12.0. The molecule has 57 heavy (non-hydrogen) atoms. The van der Waals surface area contributed by atoms with Gasteiger partial charge in [0.2, 0.25) is 0 Å². The number of benzene rings is 7. The summed E-state index contributed by atoms with van der Waals surface area (Å²) in [6.45, 7) is 3.87. The summed E-state index contributed by atoms with van der Waals surface area (Å²) in [4.78, 5) is 4.49. The molecule has 10 aromatic rings. The van der Waals surface area contributed by atoms with Gasteiger partial charge in [-0.1, -0.05) is 141 Å². The van der Waals surface area contributed by atoms with E-state index in [1.54, 1.807) is 0 Å². The number of hydrogen-bond donors (Lipinski definition) is 0. The molecule has 3 aromatic heterocycles. The van der Waals surface area contributed by atoms with Crippen LogP contribution in [-0.4, -0.2) is 14.1 Å². The van der Waals surface area contributed by atoms with Crippen molar-refractivity contribution in [2.45, 2.75) is 19.8 Å². The van der Waals surface area contributed by atoms with Gasteiger partial charge in [-0.15, -0.1) is 29.7 Å². The first-order chi connectivity index (χ1) is 28.9.